The van der Waals surface area contributed by atoms with Crippen molar-refractivity contribution in [3.05, 3.63) is 90.0 Å². The van der Waals surface area contributed by atoms with Crippen molar-refractivity contribution in [1.29, 1.82) is 0 Å². The molecule has 41 heavy (non-hydrogen) atoms. The summed E-state index contributed by atoms with van der Waals surface area (Å²) >= 11 is 0. The van der Waals surface area contributed by atoms with Crippen LogP contribution in [-0.4, -0.2) is 45.1 Å². The summed E-state index contributed by atoms with van der Waals surface area (Å²) in [7, 11) is -1.86. The first kappa shape index (κ1) is 30.9. The fourth-order valence-electron chi connectivity index (χ4n) is 4.66. The van der Waals surface area contributed by atoms with Crippen LogP contribution in [0.4, 0.5) is 0 Å². The Morgan fingerprint density at radius 3 is 2.27 bits per heavy atom. The third kappa shape index (κ3) is 8.97. The van der Waals surface area contributed by atoms with Crippen LogP contribution in [0.5, 0.6) is 11.5 Å². The summed E-state index contributed by atoms with van der Waals surface area (Å²) < 4.78 is 37.6. The van der Waals surface area contributed by atoms with E-state index in [1.165, 1.54) is 0 Å². The molecule has 0 saturated carbocycles. The van der Waals surface area contributed by atoms with Crippen molar-refractivity contribution in [2.24, 2.45) is 0 Å². The van der Waals surface area contributed by atoms with E-state index < -0.39 is 46.1 Å². The molecule has 4 rings (SSSR count). The van der Waals surface area contributed by atoms with Crippen molar-refractivity contribution in [2.75, 3.05) is 6.61 Å². The quantitative estimate of drug-likeness (QED) is 0.254. The highest BCUT2D eigenvalue weighted by atomic mass is 32.2. The number of ether oxygens (including phenoxy) is 4. The average molecular weight is 581 g/mol. The van der Waals surface area contributed by atoms with E-state index in [1.807, 2.05) is 73.7 Å². The van der Waals surface area contributed by atoms with Crippen LogP contribution >= 0.6 is 0 Å². The average Bonchev–Trinajstić information content (AvgIpc) is 2.93. The molecule has 1 fully saturated rings. The van der Waals surface area contributed by atoms with Gasteiger partial charge in [-0.1, -0.05) is 48.5 Å². The number of carbonyl (C=O) groups is 1. The maximum absolute atomic E-state index is 13.8. The van der Waals surface area contributed by atoms with Gasteiger partial charge in [-0.25, -0.2) is 0 Å². The number of carbonyl (C=O) groups excluding carboxylic acids is 1. The van der Waals surface area contributed by atoms with Crippen LogP contribution in [0, 0.1) is 6.92 Å². The van der Waals surface area contributed by atoms with E-state index in [-0.39, 0.29) is 6.42 Å². The van der Waals surface area contributed by atoms with Gasteiger partial charge in [0.25, 0.3) is 0 Å². The summed E-state index contributed by atoms with van der Waals surface area (Å²) in [6, 6.07) is 24.1. The SMILES string of the molecule is Cc1ccccc1[S@@](=O)C(C(=O)OC(C)(C)C)[C@@H](O)C[C@H](OC1CCCCO1)c1ccc(Oc2ccccc2)cc1. The zero-order chi connectivity index (χ0) is 29.4. The second-order valence-corrected chi connectivity index (χ2v) is 12.8. The minimum Gasteiger partial charge on any atom is -0.459 e. The maximum atomic E-state index is 13.8. The predicted molar refractivity (Wildman–Crippen MR) is 158 cm³/mol. The highest BCUT2D eigenvalue weighted by molar-refractivity contribution is 7.86. The molecule has 220 valence electrons. The fraction of sp³-hybridized carbons (Fsp3) is 0.424. The van der Waals surface area contributed by atoms with Crippen LogP contribution in [0.3, 0.4) is 0 Å². The summed E-state index contributed by atoms with van der Waals surface area (Å²) in [5.41, 5.74) is 0.734. The standard InChI is InChI=1S/C33H40O7S/c1-23-12-8-9-15-29(23)41(36)31(32(35)40-33(2,3)4)27(34)22-28(39-30-16-10-11-21-37-30)24-17-19-26(20-18-24)38-25-13-6-5-7-14-25/h5-9,12-15,17-20,27-28,30-31,34H,10-11,16,21-22H2,1-4H3/t27-,28-,30?,31?,41+/m0/s1. The molecule has 1 N–H and O–H groups in total. The molecular formula is C33H40O7S. The maximum Gasteiger partial charge on any atom is 0.325 e. The van der Waals surface area contributed by atoms with Gasteiger partial charge in [-0.15, -0.1) is 0 Å². The van der Waals surface area contributed by atoms with Crippen LogP contribution in [-0.2, 0) is 29.8 Å². The van der Waals surface area contributed by atoms with Gasteiger partial charge in [0.1, 0.15) is 17.1 Å². The number of aliphatic hydroxyl groups excluding tert-OH is 1. The van der Waals surface area contributed by atoms with Gasteiger partial charge in [0.2, 0.25) is 0 Å². The molecular weight excluding hydrogens is 540 g/mol. The summed E-state index contributed by atoms with van der Waals surface area (Å²) in [6.07, 6.45) is 0.295. The normalized spacial score (nSPS) is 18.6. The highest BCUT2D eigenvalue weighted by Crippen LogP contribution is 2.33. The molecule has 0 bridgehead atoms. The van der Waals surface area contributed by atoms with Gasteiger partial charge in [0, 0.05) is 17.9 Å². The molecule has 0 aromatic heterocycles. The first-order chi connectivity index (χ1) is 19.6. The molecule has 0 radical (unpaired) electrons. The molecule has 0 amide bonds. The molecule has 3 aromatic carbocycles. The van der Waals surface area contributed by atoms with Crippen molar-refractivity contribution >= 4 is 16.8 Å². The number of hydrogen-bond acceptors (Lipinski definition) is 7. The van der Waals surface area contributed by atoms with E-state index in [2.05, 4.69) is 0 Å². The topological polar surface area (TPSA) is 91.3 Å². The van der Waals surface area contributed by atoms with Crippen LogP contribution < -0.4 is 4.74 Å². The lowest BCUT2D eigenvalue weighted by Crippen LogP contribution is -2.43. The third-order valence-electron chi connectivity index (χ3n) is 6.67. The van der Waals surface area contributed by atoms with Crippen molar-refractivity contribution < 1.29 is 33.1 Å². The molecule has 1 aliphatic heterocycles. The third-order valence-corrected chi connectivity index (χ3v) is 8.53. The lowest BCUT2D eigenvalue weighted by atomic mass is 10.0. The molecule has 1 saturated heterocycles. The number of aryl methyl sites for hydroxylation is 1. The Morgan fingerprint density at radius 2 is 1.63 bits per heavy atom. The Hall–Kier alpha value is -3.04. The monoisotopic (exact) mass is 580 g/mol. The van der Waals surface area contributed by atoms with E-state index >= 15 is 0 Å². The molecule has 1 heterocycles. The minimum absolute atomic E-state index is 0.0142. The Balaban J connectivity index is 1.60. The summed E-state index contributed by atoms with van der Waals surface area (Å²) in [4.78, 5) is 13.9. The molecule has 0 spiro atoms. The van der Waals surface area contributed by atoms with E-state index in [9.17, 15) is 14.1 Å². The Bertz CT molecular complexity index is 1280. The van der Waals surface area contributed by atoms with Crippen molar-refractivity contribution in [1.82, 2.24) is 0 Å². The number of para-hydroxylation sites is 1. The Kier molecular flexibility index (Phi) is 10.7. The second kappa shape index (κ2) is 14.2. The number of aliphatic hydroxyl groups is 1. The van der Waals surface area contributed by atoms with Gasteiger partial charge >= 0.3 is 5.97 Å². The van der Waals surface area contributed by atoms with Gasteiger partial charge in [-0.2, -0.15) is 0 Å². The van der Waals surface area contributed by atoms with Crippen molar-refractivity contribution in [3.63, 3.8) is 0 Å². The zero-order valence-corrected chi connectivity index (χ0v) is 25.0. The van der Waals surface area contributed by atoms with Gasteiger partial charge in [0.05, 0.1) is 23.0 Å². The minimum atomic E-state index is -1.86. The summed E-state index contributed by atoms with van der Waals surface area (Å²) in [6.45, 7) is 7.67. The van der Waals surface area contributed by atoms with E-state index in [0.717, 1.165) is 36.1 Å². The van der Waals surface area contributed by atoms with Crippen molar-refractivity contribution in [3.8, 4) is 11.5 Å². The smallest absolute Gasteiger partial charge is 0.325 e. The largest absolute Gasteiger partial charge is 0.459 e. The zero-order valence-electron chi connectivity index (χ0n) is 24.2. The van der Waals surface area contributed by atoms with Gasteiger partial charge in [-0.3, -0.25) is 9.00 Å². The lowest BCUT2D eigenvalue weighted by Gasteiger charge is -2.31. The number of esters is 1. The van der Waals surface area contributed by atoms with E-state index in [0.29, 0.717) is 17.3 Å². The van der Waals surface area contributed by atoms with Crippen LogP contribution in [0.1, 0.15) is 63.7 Å². The molecule has 3 aromatic rings. The van der Waals surface area contributed by atoms with Gasteiger partial charge < -0.3 is 24.1 Å². The molecule has 0 aliphatic carbocycles. The van der Waals surface area contributed by atoms with Crippen LogP contribution in [0.25, 0.3) is 0 Å². The lowest BCUT2D eigenvalue weighted by molar-refractivity contribution is -0.195. The molecule has 8 heteroatoms. The molecule has 1 aliphatic rings. The summed E-state index contributed by atoms with van der Waals surface area (Å²) in [5.74, 6) is 0.657. The molecule has 7 nitrogen and oxygen atoms in total. The van der Waals surface area contributed by atoms with Crippen LogP contribution in [0.15, 0.2) is 83.8 Å². The first-order valence-electron chi connectivity index (χ1n) is 14.1. The number of benzene rings is 3. The molecule has 2 unspecified atom stereocenters. The molecule has 5 atom stereocenters. The first-order valence-corrected chi connectivity index (χ1v) is 15.3. The predicted octanol–water partition coefficient (Wildman–Crippen LogP) is 6.64. The van der Waals surface area contributed by atoms with Crippen molar-refractivity contribution in [2.45, 2.75) is 87.6 Å². The summed E-state index contributed by atoms with van der Waals surface area (Å²) in [5, 5.41) is 10.3. The van der Waals surface area contributed by atoms with E-state index in [4.69, 9.17) is 18.9 Å². The highest BCUT2D eigenvalue weighted by Gasteiger charge is 2.39. The Morgan fingerprint density at radius 1 is 0.976 bits per heavy atom. The van der Waals surface area contributed by atoms with Gasteiger partial charge in [-0.05, 0) is 88.4 Å². The van der Waals surface area contributed by atoms with Crippen LogP contribution in [0.2, 0.25) is 0 Å². The Labute approximate surface area is 245 Å². The number of rotatable bonds is 11. The fourth-order valence-corrected chi connectivity index (χ4v) is 6.15. The van der Waals surface area contributed by atoms with E-state index in [1.54, 1.807) is 32.9 Å². The number of hydrogen-bond donors (Lipinski definition) is 1. The van der Waals surface area contributed by atoms with Gasteiger partial charge in [0.15, 0.2) is 11.5 Å². The second-order valence-electron chi connectivity index (χ2n) is 11.2.